The Kier molecular flexibility index (Phi) is 37.1. The number of hydrogen-bond donors (Lipinski definition) is 6. The second-order valence-electron chi connectivity index (χ2n) is 15.5. The number of allylic oxidation sites excluding steroid dienone is 19. The molecule has 7 atom stereocenters. The van der Waals surface area contributed by atoms with Gasteiger partial charge in [0.15, 0.2) is 6.29 Å². The number of nitrogens with one attached hydrogen (secondary N) is 1. The lowest BCUT2D eigenvalue weighted by atomic mass is 9.99. The van der Waals surface area contributed by atoms with Gasteiger partial charge in [0.2, 0.25) is 5.91 Å². The molecule has 0 aromatic rings. The van der Waals surface area contributed by atoms with Crippen LogP contribution in [-0.4, -0.2) is 87.5 Å². The normalized spacial score (nSPS) is 21.6. The highest BCUT2D eigenvalue weighted by Gasteiger charge is 2.44. The van der Waals surface area contributed by atoms with Crippen molar-refractivity contribution in [1.82, 2.24) is 5.32 Å². The number of carbonyl (C=O) groups is 1. The SMILES string of the molecule is CC/C=C\C/C=C\C/C=C\C/C=C\C/C=C\C/C=C\C/C=C\C/C=C\CCCCCCCCC(=O)NC(COC1OC(CO)C(O)C(O)C1O)C(O)/C=C/CC/C=C/CCC. The van der Waals surface area contributed by atoms with E-state index >= 15 is 0 Å². The van der Waals surface area contributed by atoms with E-state index in [-0.39, 0.29) is 12.5 Å². The van der Waals surface area contributed by atoms with Gasteiger partial charge in [0.1, 0.15) is 24.4 Å². The molecule has 0 saturated carbocycles. The Bertz CT molecular complexity index is 1360. The maximum atomic E-state index is 12.9. The van der Waals surface area contributed by atoms with Crippen molar-refractivity contribution in [2.24, 2.45) is 0 Å². The van der Waals surface area contributed by atoms with E-state index in [1.54, 1.807) is 6.08 Å². The molecule has 6 N–H and O–H groups in total. The molecule has 9 nitrogen and oxygen atoms in total. The van der Waals surface area contributed by atoms with Crippen LogP contribution in [0.1, 0.15) is 142 Å². The van der Waals surface area contributed by atoms with E-state index in [4.69, 9.17) is 9.47 Å². The molecule has 1 heterocycles. The van der Waals surface area contributed by atoms with E-state index in [0.29, 0.717) is 6.42 Å². The molecule has 0 aromatic heterocycles. The van der Waals surface area contributed by atoms with Crippen LogP contribution in [0.25, 0.3) is 0 Å². The molecular formula is C52H83NO8. The summed E-state index contributed by atoms with van der Waals surface area (Å²) in [6.07, 6.45) is 54.2. The monoisotopic (exact) mass is 850 g/mol. The third kappa shape index (κ3) is 31.1. The van der Waals surface area contributed by atoms with Crippen molar-refractivity contribution in [1.29, 1.82) is 0 Å². The average molecular weight is 850 g/mol. The van der Waals surface area contributed by atoms with Gasteiger partial charge in [-0.1, -0.05) is 167 Å². The second-order valence-corrected chi connectivity index (χ2v) is 15.5. The first-order chi connectivity index (χ1) is 29.8. The van der Waals surface area contributed by atoms with Crippen LogP contribution in [0.5, 0.6) is 0 Å². The lowest BCUT2D eigenvalue weighted by molar-refractivity contribution is -0.302. The standard InChI is InChI=1S/C52H83NO8/c1-3-5-7-9-11-12-13-14-15-16-17-18-19-20-21-22-23-24-25-26-27-28-29-30-31-32-33-34-36-38-40-42-48(56)53-45(46(55)41-39-37-35-10-8-6-4-2)44-60-52-51(59)50(58)49(57)47(43-54)61-52/h5,7-8,10-12,14-15,17-18,20-21,23-24,26-27,29-30,39,41,45-47,49-52,54-55,57-59H,3-4,6,9,13,16,19,22,25,28,31-38,40,42-44H2,1-2H3,(H,53,56)/b7-5-,10-8+,12-11-,15-14-,18-17-,21-20-,24-23-,27-26-,30-29-,41-39+. The van der Waals surface area contributed by atoms with Gasteiger partial charge in [-0.3, -0.25) is 4.79 Å². The minimum atomic E-state index is -1.58. The van der Waals surface area contributed by atoms with E-state index in [9.17, 15) is 30.3 Å². The minimum absolute atomic E-state index is 0.214. The Balaban J connectivity index is 2.21. The molecule has 7 unspecified atom stereocenters. The van der Waals surface area contributed by atoms with Crippen LogP contribution in [0.2, 0.25) is 0 Å². The Morgan fingerprint density at radius 2 is 1.03 bits per heavy atom. The number of ether oxygens (including phenoxy) is 2. The molecule has 1 aliphatic rings. The first-order valence-corrected chi connectivity index (χ1v) is 23.3. The highest BCUT2D eigenvalue weighted by Crippen LogP contribution is 2.22. The Morgan fingerprint density at radius 3 is 1.56 bits per heavy atom. The summed E-state index contributed by atoms with van der Waals surface area (Å²) in [6.45, 7) is 3.48. The molecule has 1 aliphatic heterocycles. The maximum Gasteiger partial charge on any atom is 0.220 e. The third-order valence-corrected chi connectivity index (χ3v) is 10.0. The average Bonchev–Trinajstić information content (AvgIpc) is 3.26. The first kappa shape index (κ1) is 55.6. The second kappa shape index (κ2) is 40.6. The summed E-state index contributed by atoms with van der Waals surface area (Å²) in [7, 11) is 0. The van der Waals surface area contributed by atoms with Crippen molar-refractivity contribution < 1.29 is 39.8 Å². The summed E-state index contributed by atoms with van der Waals surface area (Å²) in [5.74, 6) is -0.214. The summed E-state index contributed by atoms with van der Waals surface area (Å²) in [6, 6.07) is -0.835. The molecule has 1 saturated heterocycles. The lowest BCUT2D eigenvalue weighted by Crippen LogP contribution is -2.60. The fourth-order valence-corrected chi connectivity index (χ4v) is 6.31. The zero-order valence-electron chi connectivity index (χ0n) is 37.6. The van der Waals surface area contributed by atoms with Crippen LogP contribution < -0.4 is 5.32 Å². The summed E-state index contributed by atoms with van der Waals surface area (Å²) >= 11 is 0. The van der Waals surface area contributed by atoms with Crippen LogP contribution in [0.15, 0.2) is 122 Å². The number of carbonyl (C=O) groups excluding carboxylic acids is 1. The highest BCUT2D eigenvalue weighted by molar-refractivity contribution is 5.76. The molecule has 344 valence electrons. The minimum Gasteiger partial charge on any atom is -0.394 e. The highest BCUT2D eigenvalue weighted by atomic mass is 16.7. The van der Waals surface area contributed by atoms with Crippen LogP contribution in [0.4, 0.5) is 0 Å². The van der Waals surface area contributed by atoms with Crippen molar-refractivity contribution in [2.75, 3.05) is 13.2 Å². The summed E-state index contributed by atoms with van der Waals surface area (Å²) in [5.41, 5.74) is 0. The molecule has 9 heteroatoms. The van der Waals surface area contributed by atoms with Gasteiger partial charge in [-0.05, 0) is 89.9 Å². The number of unbranched alkanes of at least 4 members (excludes halogenated alkanes) is 8. The molecule has 0 spiro atoms. The molecule has 0 aromatic carbocycles. The van der Waals surface area contributed by atoms with Crippen molar-refractivity contribution in [3.05, 3.63) is 122 Å². The number of aliphatic hydroxyl groups excluding tert-OH is 5. The zero-order chi connectivity index (χ0) is 44.4. The Labute approximate surface area is 369 Å². The van der Waals surface area contributed by atoms with Gasteiger partial charge in [0, 0.05) is 6.42 Å². The third-order valence-electron chi connectivity index (χ3n) is 10.0. The molecule has 0 radical (unpaired) electrons. The van der Waals surface area contributed by atoms with Crippen LogP contribution in [-0.2, 0) is 14.3 Å². The van der Waals surface area contributed by atoms with Crippen molar-refractivity contribution in [3.8, 4) is 0 Å². The van der Waals surface area contributed by atoms with E-state index in [1.807, 2.05) is 6.08 Å². The van der Waals surface area contributed by atoms with Gasteiger partial charge < -0.3 is 40.3 Å². The van der Waals surface area contributed by atoms with Crippen molar-refractivity contribution in [3.63, 3.8) is 0 Å². The van der Waals surface area contributed by atoms with E-state index in [1.165, 1.54) is 0 Å². The Morgan fingerprint density at radius 1 is 0.574 bits per heavy atom. The quantitative estimate of drug-likeness (QED) is 0.0270. The van der Waals surface area contributed by atoms with Crippen LogP contribution >= 0.6 is 0 Å². The van der Waals surface area contributed by atoms with Crippen LogP contribution in [0.3, 0.4) is 0 Å². The van der Waals surface area contributed by atoms with E-state index in [2.05, 4.69) is 129 Å². The topological polar surface area (TPSA) is 149 Å². The van der Waals surface area contributed by atoms with Gasteiger partial charge in [-0.2, -0.15) is 0 Å². The summed E-state index contributed by atoms with van der Waals surface area (Å²) in [5, 5.41) is 53.8. The van der Waals surface area contributed by atoms with Gasteiger partial charge >= 0.3 is 0 Å². The first-order valence-electron chi connectivity index (χ1n) is 23.3. The van der Waals surface area contributed by atoms with Gasteiger partial charge in [-0.15, -0.1) is 0 Å². The number of amides is 1. The van der Waals surface area contributed by atoms with Gasteiger partial charge in [-0.25, -0.2) is 0 Å². The maximum absolute atomic E-state index is 12.9. The fourth-order valence-electron chi connectivity index (χ4n) is 6.31. The lowest BCUT2D eigenvalue weighted by Gasteiger charge is -2.40. The zero-order valence-corrected chi connectivity index (χ0v) is 37.6. The molecule has 61 heavy (non-hydrogen) atoms. The van der Waals surface area contributed by atoms with Crippen LogP contribution in [0, 0.1) is 0 Å². The predicted octanol–water partition coefficient (Wildman–Crippen LogP) is 10.1. The molecule has 1 amide bonds. The Hall–Kier alpha value is -3.41. The number of hydrogen-bond acceptors (Lipinski definition) is 8. The number of aliphatic hydroxyl groups is 5. The van der Waals surface area contributed by atoms with Crippen molar-refractivity contribution >= 4 is 5.91 Å². The number of rotatable bonds is 36. The van der Waals surface area contributed by atoms with Crippen molar-refractivity contribution in [2.45, 2.75) is 185 Å². The smallest absolute Gasteiger partial charge is 0.220 e. The molecule has 0 aliphatic carbocycles. The molecular weight excluding hydrogens is 767 g/mol. The molecule has 0 bridgehead atoms. The molecule has 1 fully saturated rings. The van der Waals surface area contributed by atoms with Gasteiger partial charge in [0.05, 0.1) is 25.4 Å². The predicted molar refractivity (Wildman–Crippen MR) is 253 cm³/mol. The van der Waals surface area contributed by atoms with E-state index < -0.39 is 49.5 Å². The largest absolute Gasteiger partial charge is 0.394 e. The summed E-state index contributed by atoms with van der Waals surface area (Å²) < 4.78 is 11.1. The summed E-state index contributed by atoms with van der Waals surface area (Å²) in [4.78, 5) is 12.9. The molecule has 1 rings (SSSR count). The fraction of sp³-hybridized carbons (Fsp3) is 0.596. The van der Waals surface area contributed by atoms with Gasteiger partial charge in [0.25, 0.3) is 0 Å². The van der Waals surface area contributed by atoms with E-state index in [0.717, 1.165) is 122 Å².